The molecule has 0 fully saturated rings. The standard InChI is InChI=1S/C24H24FNO4/c1-16(18-10-7-11-20(25)12-18)26-24(27)19-13-21(28-2)23(22(14-19)29-3)30-15-17-8-5-4-6-9-17/h4-14,16H,15H2,1-3H3,(H,26,27). The molecule has 156 valence electrons. The monoisotopic (exact) mass is 409 g/mol. The molecule has 3 aromatic rings. The van der Waals surface area contributed by atoms with Gasteiger partial charge in [0.05, 0.1) is 20.3 Å². The fourth-order valence-corrected chi connectivity index (χ4v) is 3.02. The van der Waals surface area contributed by atoms with Crippen molar-refractivity contribution in [3.8, 4) is 17.2 Å². The molecule has 1 N–H and O–H groups in total. The number of nitrogens with one attached hydrogen (secondary N) is 1. The van der Waals surface area contributed by atoms with E-state index in [1.807, 2.05) is 30.3 Å². The fraction of sp³-hybridized carbons (Fsp3) is 0.208. The van der Waals surface area contributed by atoms with Gasteiger partial charge < -0.3 is 19.5 Å². The van der Waals surface area contributed by atoms with E-state index in [-0.39, 0.29) is 17.8 Å². The van der Waals surface area contributed by atoms with Gasteiger partial charge in [-0.15, -0.1) is 0 Å². The topological polar surface area (TPSA) is 56.8 Å². The zero-order valence-corrected chi connectivity index (χ0v) is 17.1. The van der Waals surface area contributed by atoms with Crippen molar-refractivity contribution >= 4 is 5.91 Å². The summed E-state index contributed by atoms with van der Waals surface area (Å²) in [5.41, 5.74) is 2.01. The minimum absolute atomic E-state index is 0.329. The van der Waals surface area contributed by atoms with E-state index < -0.39 is 0 Å². The summed E-state index contributed by atoms with van der Waals surface area (Å²) in [7, 11) is 3.00. The van der Waals surface area contributed by atoms with E-state index in [1.54, 1.807) is 31.2 Å². The van der Waals surface area contributed by atoms with Crippen LogP contribution in [0.3, 0.4) is 0 Å². The number of carbonyl (C=O) groups is 1. The number of carbonyl (C=O) groups excluding carboxylic acids is 1. The summed E-state index contributed by atoms with van der Waals surface area (Å²) in [6.07, 6.45) is 0. The van der Waals surface area contributed by atoms with Crippen LogP contribution in [0.5, 0.6) is 17.2 Å². The quantitative estimate of drug-likeness (QED) is 0.574. The van der Waals surface area contributed by atoms with Gasteiger partial charge in [0.25, 0.3) is 5.91 Å². The van der Waals surface area contributed by atoms with Crippen molar-refractivity contribution in [3.05, 3.63) is 89.2 Å². The summed E-state index contributed by atoms with van der Waals surface area (Å²) in [5.74, 6) is 0.496. The Bertz CT molecular complexity index is 982. The third-order valence-corrected chi connectivity index (χ3v) is 4.65. The lowest BCUT2D eigenvalue weighted by Gasteiger charge is -2.18. The summed E-state index contributed by atoms with van der Waals surface area (Å²) >= 11 is 0. The van der Waals surface area contributed by atoms with Crippen molar-refractivity contribution in [3.63, 3.8) is 0 Å². The van der Waals surface area contributed by atoms with Crippen LogP contribution in [0.15, 0.2) is 66.7 Å². The molecule has 5 nitrogen and oxygen atoms in total. The highest BCUT2D eigenvalue weighted by Gasteiger charge is 2.19. The lowest BCUT2D eigenvalue weighted by atomic mass is 10.1. The van der Waals surface area contributed by atoms with Crippen molar-refractivity contribution in [2.75, 3.05) is 14.2 Å². The Morgan fingerprint density at radius 2 is 1.63 bits per heavy atom. The van der Waals surface area contributed by atoms with E-state index in [9.17, 15) is 9.18 Å². The van der Waals surface area contributed by atoms with Crippen molar-refractivity contribution in [2.24, 2.45) is 0 Å². The molecule has 0 aliphatic rings. The van der Waals surface area contributed by atoms with Crippen molar-refractivity contribution in [1.29, 1.82) is 0 Å². The van der Waals surface area contributed by atoms with Crippen LogP contribution in [-0.4, -0.2) is 20.1 Å². The highest BCUT2D eigenvalue weighted by Crippen LogP contribution is 2.39. The number of rotatable bonds is 8. The molecule has 0 heterocycles. The maximum atomic E-state index is 13.5. The van der Waals surface area contributed by atoms with E-state index in [4.69, 9.17) is 14.2 Å². The van der Waals surface area contributed by atoms with Gasteiger partial charge in [-0.3, -0.25) is 4.79 Å². The number of benzene rings is 3. The largest absolute Gasteiger partial charge is 0.493 e. The van der Waals surface area contributed by atoms with Crippen LogP contribution in [0.4, 0.5) is 4.39 Å². The van der Waals surface area contributed by atoms with Crippen LogP contribution in [-0.2, 0) is 6.61 Å². The minimum atomic E-state index is -0.376. The second kappa shape index (κ2) is 9.78. The van der Waals surface area contributed by atoms with Crippen LogP contribution in [0, 0.1) is 5.82 Å². The smallest absolute Gasteiger partial charge is 0.252 e. The number of methoxy groups -OCH3 is 2. The summed E-state index contributed by atoms with van der Waals surface area (Å²) in [6, 6.07) is 18.6. The average molecular weight is 409 g/mol. The summed E-state index contributed by atoms with van der Waals surface area (Å²) < 4.78 is 30.3. The van der Waals surface area contributed by atoms with Crippen molar-refractivity contribution in [2.45, 2.75) is 19.6 Å². The van der Waals surface area contributed by atoms with Gasteiger partial charge in [0, 0.05) is 5.56 Å². The molecule has 3 rings (SSSR count). The molecule has 1 amide bonds. The molecule has 30 heavy (non-hydrogen) atoms. The third kappa shape index (κ3) is 5.08. The predicted octanol–water partition coefficient (Wildman–Crippen LogP) is 4.91. The molecular formula is C24H24FNO4. The van der Waals surface area contributed by atoms with E-state index in [1.165, 1.54) is 26.4 Å². The number of ether oxygens (including phenoxy) is 3. The Morgan fingerprint density at radius 3 is 2.23 bits per heavy atom. The van der Waals surface area contributed by atoms with Crippen LogP contribution >= 0.6 is 0 Å². The molecular weight excluding hydrogens is 385 g/mol. The maximum absolute atomic E-state index is 13.5. The van der Waals surface area contributed by atoms with Crippen LogP contribution < -0.4 is 19.5 Å². The van der Waals surface area contributed by atoms with Gasteiger partial charge in [0.2, 0.25) is 5.75 Å². The van der Waals surface area contributed by atoms with Gasteiger partial charge >= 0.3 is 0 Å². The van der Waals surface area contributed by atoms with Crippen molar-refractivity contribution < 1.29 is 23.4 Å². The molecule has 1 unspecified atom stereocenters. The Hall–Kier alpha value is -3.54. The number of hydrogen-bond donors (Lipinski definition) is 1. The Morgan fingerprint density at radius 1 is 0.967 bits per heavy atom. The van der Waals surface area contributed by atoms with Gasteiger partial charge in [-0.2, -0.15) is 0 Å². The maximum Gasteiger partial charge on any atom is 0.252 e. The molecule has 0 spiro atoms. The van der Waals surface area contributed by atoms with Crippen LogP contribution in [0.25, 0.3) is 0 Å². The van der Waals surface area contributed by atoms with Gasteiger partial charge in [0.1, 0.15) is 12.4 Å². The third-order valence-electron chi connectivity index (χ3n) is 4.65. The number of amides is 1. The normalized spacial score (nSPS) is 11.5. The summed E-state index contributed by atoms with van der Waals surface area (Å²) in [6.45, 7) is 2.12. The molecule has 0 saturated heterocycles. The molecule has 3 aromatic carbocycles. The average Bonchev–Trinajstić information content (AvgIpc) is 2.77. The predicted molar refractivity (Wildman–Crippen MR) is 113 cm³/mol. The molecule has 0 aromatic heterocycles. The zero-order chi connectivity index (χ0) is 21.5. The lowest BCUT2D eigenvalue weighted by molar-refractivity contribution is 0.0939. The first-order chi connectivity index (χ1) is 14.5. The second-order valence-electron chi connectivity index (χ2n) is 6.73. The SMILES string of the molecule is COc1cc(C(=O)NC(C)c2cccc(F)c2)cc(OC)c1OCc1ccccc1. The fourth-order valence-electron chi connectivity index (χ4n) is 3.02. The molecule has 0 saturated carbocycles. The lowest BCUT2D eigenvalue weighted by Crippen LogP contribution is -2.26. The van der Waals surface area contributed by atoms with E-state index in [0.717, 1.165) is 5.56 Å². The van der Waals surface area contributed by atoms with E-state index in [0.29, 0.717) is 35.0 Å². The van der Waals surface area contributed by atoms with Gasteiger partial charge in [-0.1, -0.05) is 42.5 Å². The molecule has 1 atom stereocenters. The van der Waals surface area contributed by atoms with Gasteiger partial charge in [0.15, 0.2) is 11.5 Å². The molecule has 0 aliphatic heterocycles. The molecule has 6 heteroatoms. The van der Waals surface area contributed by atoms with Crippen LogP contribution in [0.2, 0.25) is 0 Å². The van der Waals surface area contributed by atoms with Gasteiger partial charge in [-0.05, 0) is 42.3 Å². The molecule has 0 bridgehead atoms. The Balaban J connectivity index is 1.80. The second-order valence-corrected chi connectivity index (χ2v) is 6.73. The summed E-state index contributed by atoms with van der Waals surface area (Å²) in [4.78, 5) is 12.8. The summed E-state index contributed by atoms with van der Waals surface area (Å²) in [5, 5.41) is 2.86. The van der Waals surface area contributed by atoms with Gasteiger partial charge in [-0.25, -0.2) is 4.39 Å². The van der Waals surface area contributed by atoms with E-state index in [2.05, 4.69) is 5.32 Å². The number of halogens is 1. The first-order valence-corrected chi connectivity index (χ1v) is 9.51. The van der Waals surface area contributed by atoms with E-state index >= 15 is 0 Å². The Labute approximate surface area is 175 Å². The Kier molecular flexibility index (Phi) is 6.91. The van der Waals surface area contributed by atoms with Crippen LogP contribution in [0.1, 0.15) is 34.5 Å². The molecule has 0 aliphatic carbocycles. The highest BCUT2D eigenvalue weighted by atomic mass is 19.1. The number of hydrogen-bond acceptors (Lipinski definition) is 4. The highest BCUT2D eigenvalue weighted by molar-refractivity contribution is 5.95. The first kappa shape index (κ1) is 21.2. The first-order valence-electron chi connectivity index (χ1n) is 9.51. The molecule has 0 radical (unpaired) electrons. The van der Waals surface area contributed by atoms with Crippen molar-refractivity contribution in [1.82, 2.24) is 5.32 Å². The zero-order valence-electron chi connectivity index (χ0n) is 17.1. The minimum Gasteiger partial charge on any atom is -0.493 e.